The molecule has 0 bridgehead atoms. The first kappa shape index (κ1) is 10.7. The summed E-state index contributed by atoms with van der Waals surface area (Å²) in [4.78, 5) is 0. The molecule has 3 heteroatoms. The number of nitrogens with two attached hydrogens (primary N) is 1. The van der Waals surface area contributed by atoms with Crippen molar-refractivity contribution in [2.75, 3.05) is 5.73 Å². The zero-order chi connectivity index (χ0) is 11.7. The molecule has 2 aromatic rings. The van der Waals surface area contributed by atoms with Gasteiger partial charge in [-0.3, -0.25) is 0 Å². The molecule has 1 aromatic carbocycles. The fraction of sp³-hybridized carbons (Fsp3) is 0.308. The van der Waals surface area contributed by atoms with Gasteiger partial charge in [-0.2, -0.15) is 5.10 Å². The van der Waals surface area contributed by atoms with E-state index in [-0.39, 0.29) is 6.04 Å². The molecule has 0 saturated heterocycles. The number of aromatic nitrogens is 2. The molecule has 2 N–H and O–H groups in total. The Kier molecular flexibility index (Phi) is 2.69. The lowest BCUT2D eigenvalue weighted by atomic mass is 10.1. The van der Waals surface area contributed by atoms with Crippen LogP contribution in [0.1, 0.15) is 29.7 Å². The molecule has 0 fully saturated rings. The van der Waals surface area contributed by atoms with Crippen molar-refractivity contribution in [1.82, 2.24) is 9.78 Å². The molecule has 0 aliphatic heterocycles. The Morgan fingerprint density at radius 1 is 1.31 bits per heavy atom. The molecule has 0 amide bonds. The minimum atomic E-state index is 0.175. The first-order chi connectivity index (χ1) is 7.59. The Bertz CT molecular complexity index is 500. The van der Waals surface area contributed by atoms with Crippen molar-refractivity contribution in [1.29, 1.82) is 0 Å². The van der Waals surface area contributed by atoms with Gasteiger partial charge in [0.05, 0.1) is 12.2 Å². The van der Waals surface area contributed by atoms with Gasteiger partial charge < -0.3 is 5.73 Å². The Morgan fingerprint density at radius 3 is 2.62 bits per heavy atom. The Balaban J connectivity index is 2.39. The Hall–Kier alpha value is -1.77. The molecule has 1 aromatic heterocycles. The number of rotatable bonds is 2. The van der Waals surface area contributed by atoms with Crippen LogP contribution >= 0.6 is 0 Å². The molecule has 1 heterocycles. The highest BCUT2D eigenvalue weighted by Crippen LogP contribution is 2.22. The number of benzene rings is 1. The first-order valence-corrected chi connectivity index (χ1v) is 5.45. The summed E-state index contributed by atoms with van der Waals surface area (Å²) < 4.78 is 1.87. The van der Waals surface area contributed by atoms with Gasteiger partial charge in [-0.15, -0.1) is 0 Å². The van der Waals surface area contributed by atoms with Gasteiger partial charge in [-0.1, -0.05) is 29.8 Å². The number of anilines is 1. The van der Waals surface area contributed by atoms with Gasteiger partial charge in [0.15, 0.2) is 0 Å². The van der Waals surface area contributed by atoms with Crippen LogP contribution in [0, 0.1) is 13.8 Å². The average molecular weight is 215 g/mol. The highest BCUT2D eigenvalue weighted by molar-refractivity contribution is 5.39. The van der Waals surface area contributed by atoms with Crippen molar-refractivity contribution in [2.45, 2.75) is 26.8 Å². The van der Waals surface area contributed by atoms with E-state index in [1.54, 1.807) is 0 Å². The van der Waals surface area contributed by atoms with Crippen molar-refractivity contribution in [3.63, 3.8) is 0 Å². The predicted molar refractivity (Wildman–Crippen MR) is 66.4 cm³/mol. The summed E-state index contributed by atoms with van der Waals surface area (Å²) >= 11 is 0. The third-order valence-electron chi connectivity index (χ3n) is 2.92. The van der Waals surface area contributed by atoms with E-state index in [9.17, 15) is 0 Å². The molecule has 3 nitrogen and oxygen atoms in total. The largest absolute Gasteiger partial charge is 0.384 e. The van der Waals surface area contributed by atoms with E-state index in [1.807, 2.05) is 17.8 Å². The Morgan fingerprint density at radius 2 is 2.06 bits per heavy atom. The van der Waals surface area contributed by atoms with Crippen LogP contribution in [0.15, 0.2) is 30.5 Å². The summed E-state index contributed by atoms with van der Waals surface area (Å²) in [6.07, 6.45) is 1.81. The second-order valence-electron chi connectivity index (χ2n) is 4.25. The summed E-state index contributed by atoms with van der Waals surface area (Å²) in [6, 6.07) is 8.60. The summed E-state index contributed by atoms with van der Waals surface area (Å²) in [6.45, 7) is 6.17. The van der Waals surface area contributed by atoms with Gasteiger partial charge in [0.2, 0.25) is 0 Å². The first-order valence-electron chi connectivity index (χ1n) is 5.45. The number of hydrogen-bond acceptors (Lipinski definition) is 2. The van der Waals surface area contributed by atoms with Crippen molar-refractivity contribution in [2.24, 2.45) is 0 Å². The minimum absolute atomic E-state index is 0.175. The van der Waals surface area contributed by atoms with Crippen LogP contribution in [0.4, 0.5) is 5.82 Å². The normalized spacial score (nSPS) is 12.7. The van der Waals surface area contributed by atoms with Crippen molar-refractivity contribution in [3.8, 4) is 0 Å². The maximum atomic E-state index is 5.98. The summed E-state index contributed by atoms with van der Waals surface area (Å²) in [5, 5.41) is 4.31. The molecule has 1 atom stereocenters. The second kappa shape index (κ2) is 4.00. The third-order valence-corrected chi connectivity index (χ3v) is 2.92. The molecule has 2 rings (SSSR count). The molecule has 0 saturated carbocycles. The lowest BCUT2D eigenvalue weighted by Gasteiger charge is -2.15. The van der Waals surface area contributed by atoms with Crippen LogP contribution in [-0.2, 0) is 0 Å². The van der Waals surface area contributed by atoms with Gasteiger partial charge in [0.1, 0.15) is 5.82 Å². The van der Waals surface area contributed by atoms with Gasteiger partial charge in [0, 0.05) is 5.56 Å². The molecule has 0 aliphatic carbocycles. The maximum absolute atomic E-state index is 5.98. The third kappa shape index (κ3) is 1.81. The van der Waals surface area contributed by atoms with Crippen LogP contribution in [-0.4, -0.2) is 9.78 Å². The van der Waals surface area contributed by atoms with Crippen LogP contribution < -0.4 is 5.73 Å². The van der Waals surface area contributed by atoms with E-state index < -0.39 is 0 Å². The summed E-state index contributed by atoms with van der Waals surface area (Å²) in [5.41, 5.74) is 9.49. The maximum Gasteiger partial charge on any atom is 0.125 e. The van der Waals surface area contributed by atoms with E-state index in [2.05, 4.69) is 43.2 Å². The van der Waals surface area contributed by atoms with Crippen LogP contribution in [0.3, 0.4) is 0 Å². The van der Waals surface area contributed by atoms with Gasteiger partial charge in [0.25, 0.3) is 0 Å². The fourth-order valence-electron chi connectivity index (χ4n) is 1.84. The minimum Gasteiger partial charge on any atom is -0.384 e. The quantitative estimate of drug-likeness (QED) is 0.837. The standard InChI is InChI=1S/C13H17N3/c1-9-5-4-6-12(7-9)11(3)16-13(14)10(2)8-15-16/h4-8,11H,14H2,1-3H3. The lowest BCUT2D eigenvalue weighted by Crippen LogP contribution is -2.11. The van der Waals surface area contributed by atoms with Gasteiger partial charge in [-0.05, 0) is 26.3 Å². The molecule has 16 heavy (non-hydrogen) atoms. The SMILES string of the molecule is Cc1cccc(C(C)n2ncc(C)c2N)c1. The van der Waals surface area contributed by atoms with Crippen molar-refractivity contribution < 1.29 is 0 Å². The van der Waals surface area contributed by atoms with Crippen LogP contribution in [0.5, 0.6) is 0 Å². The van der Waals surface area contributed by atoms with E-state index in [1.165, 1.54) is 11.1 Å². The topological polar surface area (TPSA) is 43.8 Å². The molecule has 1 unspecified atom stereocenters. The average Bonchev–Trinajstić information content (AvgIpc) is 2.59. The highest BCUT2D eigenvalue weighted by atomic mass is 15.3. The summed E-state index contributed by atoms with van der Waals surface area (Å²) in [5.74, 6) is 0.744. The predicted octanol–water partition coefficient (Wildman–Crippen LogP) is 2.69. The van der Waals surface area contributed by atoms with Crippen LogP contribution in [0.2, 0.25) is 0 Å². The molecule has 0 spiro atoms. The monoisotopic (exact) mass is 215 g/mol. The molecular formula is C13H17N3. The molecule has 0 aliphatic rings. The Labute approximate surface area is 95.9 Å². The van der Waals surface area contributed by atoms with Gasteiger partial charge in [-0.25, -0.2) is 4.68 Å². The van der Waals surface area contributed by atoms with E-state index in [0.29, 0.717) is 0 Å². The molecular weight excluding hydrogens is 198 g/mol. The molecule has 0 radical (unpaired) electrons. The number of aryl methyl sites for hydroxylation is 2. The fourth-order valence-corrected chi connectivity index (χ4v) is 1.84. The van der Waals surface area contributed by atoms with E-state index in [0.717, 1.165) is 11.4 Å². The number of nitrogen functional groups attached to an aromatic ring is 1. The zero-order valence-corrected chi connectivity index (χ0v) is 9.94. The smallest absolute Gasteiger partial charge is 0.125 e. The highest BCUT2D eigenvalue weighted by Gasteiger charge is 2.12. The van der Waals surface area contributed by atoms with Crippen LogP contribution in [0.25, 0.3) is 0 Å². The van der Waals surface area contributed by atoms with Gasteiger partial charge >= 0.3 is 0 Å². The molecule has 84 valence electrons. The number of nitrogens with zero attached hydrogens (tertiary/aromatic N) is 2. The van der Waals surface area contributed by atoms with E-state index in [4.69, 9.17) is 5.73 Å². The number of hydrogen-bond donors (Lipinski definition) is 1. The van der Waals surface area contributed by atoms with E-state index >= 15 is 0 Å². The zero-order valence-electron chi connectivity index (χ0n) is 9.94. The van der Waals surface area contributed by atoms with Crippen molar-refractivity contribution >= 4 is 5.82 Å². The second-order valence-corrected chi connectivity index (χ2v) is 4.25. The lowest BCUT2D eigenvalue weighted by molar-refractivity contribution is 0.572. The van der Waals surface area contributed by atoms with Crippen molar-refractivity contribution in [3.05, 3.63) is 47.2 Å². The summed E-state index contributed by atoms with van der Waals surface area (Å²) in [7, 11) is 0.